The normalized spacial score (nSPS) is 14.4. The van der Waals surface area contributed by atoms with Crippen LogP contribution in [0.25, 0.3) is 11.8 Å². The van der Waals surface area contributed by atoms with Gasteiger partial charge in [-0.15, -0.1) is 0 Å². The van der Waals surface area contributed by atoms with Crippen LogP contribution in [0.15, 0.2) is 94.2 Å². The van der Waals surface area contributed by atoms with Crippen LogP contribution in [0.2, 0.25) is 0 Å². The number of benzene rings is 3. The highest BCUT2D eigenvalue weighted by Crippen LogP contribution is 2.31. The van der Waals surface area contributed by atoms with Gasteiger partial charge in [-0.25, -0.2) is 9.69 Å². The van der Waals surface area contributed by atoms with Crippen molar-refractivity contribution in [2.24, 2.45) is 0 Å². The van der Waals surface area contributed by atoms with Crippen LogP contribution < -0.4 is 15.0 Å². The Morgan fingerprint density at radius 2 is 1.46 bits per heavy atom. The van der Waals surface area contributed by atoms with Crippen molar-refractivity contribution < 1.29 is 24.0 Å². The van der Waals surface area contributed by atoms with Crippen molar-refractivity contribution in [2.45, 2.75) is 23.6 Å². The summed E-state index contributed by atoms with van der Waals surface area (Å²) >= 11 is 1.49. The van der Waals surface area contributed by atoms with E-state index in [2.05, 4.69) is 5.32 Å². The molecule has 1 aliphatic heterocycles. The second-order valence-electron chi connectivity index (χ2n) is 9.16. The topological polar surface area (TPSA) is 124 Å². The maximum atomic E-state index is 13.3. The number of nitrogens with one attached hydrogen (secondary N) is 1. The Bertz CT molecular complexity index is 1710. The maximum Gasteiger partial charge on any atom is 0.335 e. The van der Waals surface area contributed by atoms with Gasteiger partial charge in [0.05, 0.1) is 17.7 Å². The van der Waals surface area contributed by atoms with Gasteiger partial charge in [-0.2, -0.15) is 0 Å². The van der Waals surface area contributed by atoms with E-state index in [0.717, 1.165) is 31.8 Å². The fourth-order valence-corrected chi connectivity index (χ4v) is 5.36. The van der Waals surface area contributed by atoms with E-state index in [1.807, 2.05) is 48.7 Å². The molecule has 11 heteroatoms. The zero-order valence-electron chi connectivity index (χ0n) is 22.3. The van der Waals surface area contributed by atoms with Gasteiger partial charge in [0.1, 0.15) is 11.3 Å². The molecule has 4 aromatic rings. The second kappa shape index (κ2) is 11.1. The number of nitrogens with zero attached hydrogens (tertiary/aromatic N) is 3. The van der Waals surface area contributed by atoms with Crippen LogP contribution in [0.3, 0.4) is 0 Å². The molecule has 0 aliphatic carbocycles. The van der Waals surface area contributed by atoms with Gasteiger partial charge in [0, 0.05) is 39.0 Å². The molecule has 0 saturated carbocycles. The molecule has 5 rings (SSSR count). The SMILES string of the molecule is COc1ccc(N2C(=O)NC(=O)/C(=C\c3cc(C)n(-c4ccc(Sc5ccc([N+](=O)[O-])cc5)cc4)c3C)C2=O)cc1. The standard InChI is InChI=1S/C30H24N4O6S/c1-18-16-20(17-27-28(35)31-30(37)33(29(27)36)22-4-10-24(40-3)11-5-22)19(2)32(18)21-6-12-25(13-7-21)41-26-14-8-23(9-15-26)34(38)39/h4-17H,1-3H3,(H,31,35,37)/b27-17+. The van der Waals surface area contributed by atoms with Gasteiger partial charge in [-0.1, -0.05) is 11.8 Å². The summed E-state index contributed by atoms with van der Waals surface area (Å²) in [6.45, 7) is 3.81. The third-order valence-electron chi connectivity index (χ3n) is 6.58. The quantitative estimate of drug-likeness (QED) is 0.129. The fraction of sp³-hybridized carbons (Fsp3) is 0.100. The largest absolute Gasteiger partial charge is 0.497 e. The lowest BCUT2D eigenvalue weighted by Gasteiger charge is -2.26. The predicted octanol–water partition coefficient (Wildman–Crippen LogP) is 5.83. The minimum absolute atomic E-state index is 0.0430. The van der Waals surface area contributed by atoms with Crippen LogP contribution >= 0.6 is 11.8 Å². The lowest BCUT2D eigenvalue weighted by Crippen LogP contribution is -2.54. The van der Waals surface area contributed by atoms with Crippen molar-refractivity contribution in [3.05, 3.63) is 112 Å². The Labute approximate surface area is 239 Å². The summed E-state index contributed by atoms with van der Waals surface area (Å²) in [5, 5.41) is 13.1. The summed E-state index contributed by atoms with van der Waals surface area (Å²) in [5.41, 5.74) is 3.43. The number of amides is 4. The highest BCUT2D eigenvalue weighted by Gasteiger charge is 2.37. The first kappa shape index (κ1) is 27.4. The van der Waals surface area contributed by atoms with Gasteiger partial charge >= 0.3 is 6.03 Å². The average molecular weight is 569 g/mol. The number of carbonyl (C=O) groups excluding carboxylic acids is 3. The number of urea groups is 1. The predicted molar refractivity (Wildman–Crippen MR) is 154 cm³/mol. The zero-order valence-corrected chi connectivity index (χ0v) is 23.1. The number of carbonyl (C=O) groups is 3. The van der Waals surface area contributed by atoms with Crippen LogP contribution in [0.4, 0.5) is 16.2 Å². The number of nitro groups is 1. The van der Waals surface area contributed by atoms with Crippen molar-refractivity contribution in [3.63, 3.8) is 0 Å². The molecule has 0 radical (unpaired) electrons. The third kappa shape index (κ3) is 5.48. The molecule has 1 aliphatic rings. The first-order valence-electron chi connectivity index (χ1n) is 12.4. The van der Waals surface area contributed by atoms with E-state index in [4.69, 9.17) is 4.74 Å². The highest BCUT2D eigenvalue weighted by molar-refractivity contribution is 7.99. The number of aryl methyl sites for hydroxylation is 1. The van der Waals surface area contributed by atoms with Crippen LogP contribution in [0.5, 0.6) is 5.75 Å². The van der Waals surface area contributed by atoms with Crippen LogP contribution in [-0.2, 0) is 9.59 Å². The minimum atomic E-state index is -0.820. The summed E-state index contributed by atoms with van der Waals surface area (Å²) in [5.74, 6) is -0.917. The number of methoxy groups -OCH3 is 1. The summed E-state index contributed by atoms with van der Waals surface area (Å²) in [6.07, 6.45) is 1.50. The van der Waals surface area contributed by atoms with Gasteiger partial charge in [-0.3, -0.25) is 25.0 Å². The molecule has 3 aromatic carbocycles. The zero-order chi connectivity index (χ0) is 29.3. The molecule has 1 aromatic heterocycles. The van der Waals surface area contributed by atoms with Crippen molar-refractivity contribution in [2.75, 3.05) is 12.0 Å². The molecule has 1 saturated heterocycles. The molecular weight excluding hydrogens is 544 g/mol. The lowest BCUT2D eigenvalue weighted by atomic mass is 10.1. The van der Waals surface area contributed by atoms with Gasteiger partial charge in [0.2, 0.25) is 0 Å². The van der Waals surface area contributed by atoms with Gasteiger partial charge in [0.15, 0.2) is 0 Å². The molecule has 2 heterocycles. The van der Waals surface area contributed by atoms with Crippen molar-refractivity contribution in [1.29, 1.82) is 0 Å². The van der Waals surface area contributed by atoms with Crippen LogP contribution in [0.1, 0.15) is 17.0 Å². The molecule has 1 N–H and O–H groups in total. The molecule has 41 heavy (non-hydrogen) atoms. The minimum Gasteiger partial charge on any atom is -0.497 e. The second-order valence-corrected chi connectivity index (χ2v) is 10.3. The molecule has 0 bridgehead atoms. The lowest BCUT2D eigenvalue weighted by molar-refractivity contribution is -0.384. The van der Waals surface area contributed by atoms with Crippen molar-refractivity contribution in [1.82, 2.24) is 9.88 Å². The van der Waals surface area contributed by atoms with Crippen molar-refractivity contribution in [3.8, 4) is 11.4 Å². The molecule has 206 valence electrons. The van der Waals surface area contributed by atoms with E-state index in [1.54, 1.807) is 36.4 Å². The molecule has 1 fully saturated rings. The summed E-state index contributed by atoms with van der Waals surface area (Å²) in [4.78, 5) is 51.8. The highest BCUT2D eigenvalue weighted by atomic mass is 32.2. The van der Waals surface area contributed by atoms with Crippen molar-refractivity contribution >= 4 is 47.1 Å². The van der Waals surface area contributed by atoms with E-state index in [1.165, 1.54) is 37.1 Å². The van der Waals surface area contributed by atoms with E-state index in [9.17, 15) is 24.5 Å². The number of nitro benzene ring substituents is 1. The number of hydrogen-bond acceptors (Lipinski definition) is 7. The number of hydrogen-bond donors (Lipinski definition) is 1. The fourth-order valence-electron chi connectivity index (χ4n) is 4.55. The monoisotopic (exact) mass is 568 g/mol. The number of rotatable bonds is 7. The number of aromatic nitrogens is 1. The number of barbiturate groups is 1. The Morgan fingerprint density at radius 1 is 0.878 bits per heavy atom. The summed E-state index contributed by atoms with van der Waals surface area (Å²) in [6, 6.07) is 21.6. The van der Waals surface area contributed by atoms with Gasteiger partial charge in [0.25, 0.3) is 17.5 Å². The molecule has 4 amide bonds. The summed E-state index contributed by atoms with van der Waals surface area (Å²) in [7, 11) is 1.51. The molecule has 0 spiro atoms. The smallest absolute Gasteiger partial charge is 0.335 e. The molecule has 10 nitrogen and oxygen atoms in total. The Balaban J connectivity index is 1.40. The third-order valence-corrected chi connectivity index (χ3v) is 7.60. The molecule has 0 unspecified atom stereocenters. The number of ether oxygens (including phenoxy) is 1. The molecular formula is C30H24N4O6S. The first-order valence-corrected chi connectivity index (χ1v) is 13.2. The first-order chi connectivity index (χ1) is 19.7. The Morgan fingerprint density at radius 3 is 2.05 bits per heavy atom. The Kier molecular flexibility index (Phi) is 7.45. The Hall–Kier alpha value is -5.16. The molecule has 0 atom stereocenters. The number of imide groups is 2. The van der Waals surface area contributed by atoms with Gasteiger partial charge in [-0.05, 0) is 92.2 Å². The summed E-state index contributed by atoms with van der Waals surface area (Å²) < 4.78 is 7.15. The van der Waals surface area contributed by atoms with Crippen LogP contribution in [0, 0.1) is 24.0 Å². The number of non-ortho nitro benzene ring substituents is 1. The number of anilines is 1. The average Bonchev–Trinajstić information content (AvgIpc) is 3.24. The van der Waals surface area contributed by atoms with E-state index in [-0.39, 0.29) is 11.3 Å². The van der Waals surface area contributed by atoms with Gasteiger partial charge < -0.3 is 9.30 Å². The maximum absolute atomic E-state index is 13.3. The van der Waals surface area contributed by atoms with E-state index in [0.29, 0.717) is 17.0 Å². The van der Waals surface area contributed by atoms with Crippen LogP contribution in [-0.4, -0.2) is 34.4 Å². The van der Waals surface area contributed by atoms with E-state index < -0.39 is 22.8 Å². The van der Waals surface area contributed by atoms with E-state index >= 15 is 0 Å².